The summed E-state index contributed by atoms with van der Waals surface area (Å²) in [6, 6.07) is 12.2. The van der Waals surface area contributed by atoms with E-state index in [0.717, 1.165) is 88.0 Å². The van der Waals surface area contributed by atoms with Crippen molar-refractivity contribution in [2.75, 3.05) is 0 Å². The van der Waals surface area contributed by atoms with Crippen LogP contribution in [0.5, 0.6) is 0 Å². The van der Waals surface area contributed by atoms with E-state index < -0.39 is 5.97 Å². The number of fused-ring (bicyclic) bond motifs is 2. The van der Waals surface area contributed by atoms with E-state index >= 15 is 0 Å². The zero-order valence-electron chi connectivity index (χ0n) is 22.1. The van der Waals surface area contributed by atoms with Gasteiger partial charge in [0.2, 0.25) is 0 Å². The summed E-state index contributed by atoms with van der Waals surface area (Å²) in [5.74, 6) is -0.653. The summed E-state index contributed by atoms with van der Waals surface area (Å²) in [5.41, 5.74) is 10.1. The van der Waals surface area contributed by atoms with Gasteiger partial charge in [-0.3, -0.25) is 9.79 Å². The van der Waals surface area contributed by atoms with E-state index in [2.05, 4.69) is 40.3 Å². The van der Waals surface area contributed by atoms with Gasteiger partial charge in [0, 0.05) is 34.4 Å². The maximum atomic E-state index is 12.4. The molecule has 1 saturated carbocycles. The molecule has 194 valence electrons. The monoisotopic (exact) mass is 508 g/mol. The van der Waals surface area contributed by atoms with Gasteiger partial charge >= 0.3 is 5.97 Å². The first-order chi connectivity index (χ1) is 18.3. The number of aliphatic imine (C=N–C) groups is 1. The quantitative estimate of drug-likeness (QED) is 0.290. The van der Waals surface area contributed by atoms with Crippen LogP contribution < -0.4 is 0 Å². The molecular formula is C31H32N4O3. The Kier molecular flexibility index (Phi) is 6.01. The Bertz CT molecular complexity index is 1680. The van der Waals surface area contributed by atoms with Gasteiger partial charge in [0.15, 0.2) is 0 Å². The number of hydrogen-bond donors (Lipinski definition) is 2. The molecule has 4 heterocycles. The largest absolute Gasteiger partial charge is 0.477 e. The highest BCUT2D eigenvalue weighted by Crippen LogP contribution is 2.44. The third-order valence-electron chi connectivity index (χ3n) is 8.01. The van der Waals surface area contributed by atoms with Crippen LogP contribution in [-0.2, 0) is 11.3 Å². The number of allylic oxidation sites excluding steroid dienone is 2. The average molecular weight is 509 g/mol. The SMILES string of the molecule is CC(=O)Cn1c(-c2ccc3nc(C4=C(C)N=C(C)C4)ccc3c2)c(C2CCCCC2)c2[nH]c(C(=O)O)cc21. The number of carbonyl (C=O) groups excluding carboxylic acids is 1. The number of nitrogens with one attached hydrogen (secondary N) is 1. The highest BCUT2D eigenvalue weighted by molar-refractivity contribution is 6.00. The second-order valence-electron chi connectivity index (χ2n) is 10.8. The molecule has 4 aromatic rings. The molecular weight excluding hydrogens is 476 g/mol. The van der Waals surface area contributed by atoms with E-state index in [9.17, 15) is 14.7 Å². The molecule has 1 aromatic carbocycles. The third-order valence-corrected chi connectivity index (χ3v) is 8.01. The van der Waals surface area contributed by atoms with E-state index in [1.807, 2.05) is 18.4 Å². The van der Waals surface area contributed by atoms with Gasteiger partial charge in [0.05, 0.1) is 34.5 Å². The van der Waals surface area contributed by atoms with Gasteiger partial charge in [-0.1, -0.05) is 31.4 Å². The maximum Gasteiger partial charge on any atom is 0.352 e. The van der Waals surface area contributed by atoms with Gasteiger partial charge in [-0.25, -0.2) is 9.78 Å². The van der Waals surface area contributed by atoms with Crippen molar-refractivity contribution in [3.63, 3.8) is 0 Å². The van der Waals surface area contributed by atoms with Crippen molar-refractivity contribution in [1.82, 2.24) is 14.5 Å². The Hall–Kier alpha value is -4.00. The number of carbonyl (C=O) groups is 2. The number of ketones is 1. The van der Waals surface area contributed by atoms with Gasteiger partial charge in [0.1, 0.15) is 11.5 Å². The molecule has 0 amide bonds. The van der Waals surface area contributed by atoms with E-state index in [4.69, 9.17) is 4.98 Å². The first-order valence-electron chi connectivity index (χ1n) is 13.4. The summed E-state index contributed by atoms with van der Waals surface area (Å²) >= 11 is 0. The Morgan fingerprint density at radius 1 is 1.08 bits per heavy atom. The van der Waals surface area contributed by atoms with Crippen molar-refractivity contribution in [3.8, 4) is 11.3 Å². The summed E-state index contributed by atoms with van der Waals surface area (Å²) in [7, 11) is 0. The Morgan fingerprint density at radius 3 is 2.55 bits per heavy atom. The predicted molar refractivity (Wildman–Crippen MR) is 151 cm³/mol. The Balaban J connectivity index is 1.53. The fourth-order valence-corrected chi connectivity index (χ4v) is 6.34. The molecule has 2 N–H and O–H groups in total. The van der Waals surface area contributed by atoms with E-state index in [1.54, 1.807) is 13.0 Å². The minimum absolute atomic E-state index is 0.0289. The Labute approximate surface area is 221 Å². The fourth-order valence-electron chi connectivity index (χ4n) is 6.34. The lowest BCUT2D eigenvalue weighted by Crippen LogP contribution is -2.11. The van der Waals surface area contributed by atoms with Crippen LogP contribution in [-0.4, -0.2) is 37.1 Å². The molecule has 0 atom stereocenters. The van der Waals surface area contributed by atoms with Crippen molar-refractivity contribution in [2.45, 2.75) is 71.8 Å². The standard InChI is InChI=1S/C31H32N4O3/c1-17-13-23(19(3)32-17)25-12-9-21-14-22(10-11-24(21)33-25)30-28(20-7-5-4-6-8-20)29-27(35(30)16-18(2)36)15-26(34-29)31(37)38/h9-12,14-15,20,34H,4-8,13,16H2,1-3H3,(H,37,38). The summed E-state index contributed by atoms with van der Waals surface area (Å²) in [4.78, 5) is 37.0. The summed E-state index contributed by atoms with van der Waals surface area (Å²) in [5, 5.41) is 10.7. The smallest absolute Gasteiger partial charge is 0.352 e. The number of aromatic nitrogens is 3. The fraction of sp³-hybridized carbons (Fsp3) is 0.355. The number of carboxylic acids is 1. The summed E-state index contributed by atoms with van der Waals surface area (Å²) in [6.07, 6.45) is 6.47. The second-order valence-corrected chi connectivity index (χ2v) is 10.8. The first-order valence-corrected chi connectivity index (χ1v) is 13.4. The minimum atomic E-state index is -0.993. The topological polar surface area (TPSA) is 100 Å². The molecule has 7 nitrogen and oxygen atoms in total. The number of rotatable bonds is 6. The lowest BCUT2D eigenvalue weighted by atomic mass is 9.82. The van der Waals surface area contributed by atoms with Gasteiger partial charge in [0.25, 0.3) is 0 Å². The highest BCUT2D eigenvalue weighted by Gasteiger charge is 2.29. The predicted octanol–water partition coefficient (Wildman–Crippen LogP) is 7.12. The van der Waals surface area contributed by atoms with Crippen LogP contribution in [0.1, 0.15) is 87.0 Å². The molecule has 6 rings (SSSR count). The number of H-pyrrole nitrogens is 1. The molecule has 2 aliphatic rings. The van der Waals surface area contributed by atoms with Crippen LogP contribution in [0.3, 0.4) is 0 Å². The molecule has 0 unspecified atom stereocenters. The van der Waals surface area contributed by atoms with Crippen molar-refractivity contribution < 1.29 is 14.7 Å². The summed E-state index contributed by atoms with van der Waals surface area (Å²) < 4.78 is 2.01. The lowest BCUT2D eigenvalue weighted by molar-refractivity contribution is -0.117. The number of aromatic carboxylic acids is 1. The van der Waals surface area contributed by atoms with Crippen molar-refractivity contribution in [3.05, 3.63) is 59.0 Å². The molecule has 1 aliphatic heterocycles. The van der Waals surface area contributed by atoms with Crippen molar-refractivity contribution in [1.29, 1.82) is 0 Å². The van der Waals surface area contributed by atoms with Crippen LogP contribution in [0.15, 0.2) is 47.1 Å². The molecule has 0 spiro atoms. The number of pyridine rings is 1. The van der Waals surface area contributed by atoms with Crippen LogP contribution in [0.25, 0.3) is 38.8 Å². The van der Waals surface area contributed by atoms with Crippen LogP contribution >= 0.6 is 0 Å². The first kappa shape index (κ1) is 24.3. The molecule has 7 heteroatoms. The summed E-state index contributed by atoms with van der Waals surface area (Å²) in [6.45, 7) is 5.86. The van der Waals surface area contributed by atoms with E-state index in [1.165, 1.54) is 12.0 Å². The molecule has 1 fully saturated rings. The van der Waals surface area contributed by atoms with Crippen LogP contribution in [0.2, 0.25) is 0 Å². The van der Waals surface area contributed by atoms with Crippen LogP contribution in [0, 0.1) is 0 Å². The van der Waals surface area contributed by atoms with Gasteiger partial charge < -0.3 is 14.7 Å². The third kappa shape index (κ3) is 4.16. The number of carboxylic acid groups (broad SMARTS) is 1. The van der Waals surface area contributed by atoms with Crippen molar-refractivity contribution in [2.24, 2.45) is 4.99 Å². The molecule has 3 aromatic heterocycles. The molecule has 38 heavy (non-hydrogen) atoms. The molecule has 0 radical (unpaired) electrons. The minimum Gasteiger partial charge on any atom is -0.477 e. The molecule has 0 bridgehead atoms. The lowest BCUT2D eigenvalue weighted by Gasteiger charge is -2.23. The van der Waals surface area contributed by atoms with Crippen molar-refractivity contribution >= 4 is 45.0 Å². The number of hydrogen-bond acceptors (Lipinski definition) is 4. The second kappa shape index (κ2) is 9.39. The number of Topliss-reactive ketones (excluding diaryl/α,β-unsaturated/α-hetero) is 1. The normalized spacial score (nSPS) is 16.6. The highest BCUT2D eigenvalue weighted by atomic mass is 16.4. The van der Waals surface area contributed by atoms with E-state index in [-0.39, 0.29) is 18.0 Å². The number of benzene rings is 1. The van der Waals surface area contributed by atoms with Gasteiger partial charge in [-0.05, 0) is 69.4 Å². The average Bonchev–Trinajstić information content (AvgIpc) is 3.56. The van der Waals surface area contributed by atoms with Crippen LogP contribution in [0.4, 0.5) is 0 Å². The number of nitrogens with zero attached hydrogens (tertiary/aromatic N) is 3. The van der Waals surface area contributed by atoms with E-state index in [0.29, 0.717) is 5.92 Å². The maximum absolute atomic E-state index is 12.4. The molecule has 0 saturated heterocycles. The van der Waals surface area contributed by atoms with Gasteiger partial charge in [-0.2, -0.15) is 0 Å². The Morgan fingerprint density at radius 2 is 1.87 bits per heavy atom. The zero-order valence-corrected chi connectivity index (χ0v) is 22.1. The molecule has 1 aliphatic carbocycles. The number of aromatic amines is 1. The van der Waals surface area contributed by atoms with Gasteiger partial charge in [-0.15, -0.1) is 0 Å². The zero-order chi connectivity index (χ0) is 26.6.